The maximum absolute atomic E-state index is 12.8. The molecule has 6 heterocycles. The predicted molar refractivity (Wildman–Crippen MR) is 183 cm³/mol. The highest BCUT2D eigenvalue weighted by atomic mass is 35.5. The number of likely N-dealkylation sites (tertiary alicyclic amines) is 1. The molecule has 1 aromatic carbocycles. The maximum atomic E-state index is 12.8. The molecule has 0 spiro atoms. The number of thioether (sulfide) groups is 1. The molecule has 1 N–H and O–H groups in total. The van der Waals surface area contributed by atoms with Crippen molar-refractivity contribution in [1.29, 1.82) is 0 Å². The van der Waals surface area contributed by atoms with E-state index in [1.807, 2.05) is 17.0 Å². The van der Waals surface area contributed by atoms with Gasteiger partial charge in [-0.2, -0.15) is 4.98 Å². The Morgan fingerprint density at radius 2 is 1.76 bits per heavy atom. The van der Waals surface area contributed by atoms with E-state index in [2.05, 4.69) is 39.2 Å². The molecule has 4 aliphatic heterocycles. The SMILES string of the molecule is CCCN1CC(Nc2nc(N3CCC(c4ccc(Cl)cc4)CC3)nc3c2S(=O)CC3)CCC1=O.Clc1nc(Cl)c2c(n1)CCS2. The summed E-state index contributed by atoms with van der Waals surface area (Å²) < 4.78 is 12.8. The molecule has 2 aromatic heterocycles. The minimum atomic E-state index is -1.08. The first-order valence-corrected chi connectivity index (χ1v) is 18.9. The van der Waals surface area contributed by atoms with Gasteiger partial charge in [-0.25, -0.2) is 15.0 Å². The van der Waals surface area contributed by atoms with Crippen LogP contribution in [0.4, 0.5) is 11.8 Å². The number of nitrogens with zero attached hydrogens (tertiary/aromatic N) is 6. The minimum absolute atomic E-state index is 0.115. The van der Waals surface area contributed by atoms with Crippen LogP contribution in [0.5, 0.6) is 0 Å². The Balaban J connectivity index is 0.000000272. The molecule has 3 aromatic rings. The fourth-order valence-electron chi connectivity index (χ4n) is 6.28. The molecule has 4 aliphatic rings. The average Bonchev–Trinajstić information content (AvgIpc) is 3.66. The third kappa shape index (κ3) is 7.70. The van der Waals surface area contributed by atoms with Crippen LogP contribution in [0.2, 0.25) is 15.5 Å². The van der Waals surface area contributed by atoms with Crippen molar-refractivity contribution in [2.24, 2.45) is 0 Å². The Labute approximate surface area is 285 Å². The largest absolute Gasteiger partial charge is 0.364 e. The number of nitrogens with one attached hydrogen (secondary N) is 1. The van der Waals surface area contributed by atoms with Crippen LogP contribution in [0.15, 0.2) is 34.1 Å². The summed E-state index contributed by atoms with van der Waals surface area (Å²) in [6.07, 6.45) is 5.99. The third-order valence-electron chi connectivity index (χ3n) is 8.58. The number of aromatic nitrogens is 4. The van der Waals surface area contributed by atoms with Crippen molar-refractivity contribution in [3.05, 3.63) is 56.7 Å². The standard InChI is InChI=1S/C25H32ClN5O2S.C6H4Cl2N2S/c1-2-12-31-16-20(7-8-22(31)32)27-24-23-21(11-15-34(23)33)28-25(29-24)30-13-9-18(10-14-30)17-3-5-19(26)6-4-17;7-5-4-3(1-2-11-4)9-6(8)10-5/h3-6,18,20H,2,7-16H2,1H3,(H,27,28,29);1-2H2. The molecule has 2 atom stereocenters. The van der Waals surface area contributed by atoms with E-state index >= 15 is 0 Å². The van der Waals surface area contributed by atoms with Crippen molar-refractivity contribution in [3.8, 4) is 0 Å². The highest BCUT2D eigenvalue weighted by Gasteiger charge is 2.32. The van der Waals surface area contributed by atoms with Crippen LogP contribution >= 0.6 is 46.6 Å². The molecule has 240 valence electrons. The van der Waals surface area contributed by atoms with Crippen LogP contribution in [-0.4, -0.2) is 78.7 Å². The molecule has 45 heavy (non-hydrogen) atoms. The van der Waals surface area contributed by atoms with Gasteiger partial charge in [-0.15, -0.1) is 11.8 Å². The predicted octanol–water partition coefficient (Wildman–Crippen LogP) is 6.42. The summed E-state index contributed by atoms with van der Waals surface area (Å²) in [6.45, 7) is 5.30. The Kier molecular flexibility index (Phi) is 10.7. The van der Waals surface area contributed by atoms with Crippen molar-refractivity contribution >= 4 is 75.0 Å². The monoisotopic (exact) mass is 707 g/mol. The Morgan fingerprint density at radius 3 is 2.51 bits per heavy atom. The van der Waals surface area contributed by atoms with Gasteiger partial charge in [-0.1, -0.05) is 42.3 Å². The van der Waals surface area contributed by atoms with Crippen molar-refractivity contribution in [2.75, 3.05) is 47.9 Å². The lowest BCUT2D eigenvalue weighted by Gasteiger charge is -2.34. The number of amides is 1. The number of piperidine rings is 2. The van der Waals surface area contributed by atoms with Gasteiger partial charge in [0.15, 0.2) is 0 Å². The lowest BCUT2D eigenvalue weighted by Crippen LogP contribution is -2.46. The smallest absolute Gasteiger partial charge is 0.227 e. The van der Waals surface area contributed by atoms with E-state index in [0.717, 1.165) is 96.1 Å². The van der Waals surface area contributed by atoms with Crippen LogP contribution in [0.3, 0.4) is 0 Å². The summed E-state index contributed by atoms with van der Waals surface area (Å²) in [5.41, 5.74) is 3.23. The van der Waals surface area contributed by atoms with E-state index in [-0.39, 0.29) is 17.2 Å². The average molecular weight is 709 g/mol. The number of halogens is 3. The first-order valence-electron chi connectivity index (χ1n) is 15.5. The number of carbonyl (C=O) groups is 1. The molecule has 0 bridgehead atoms. The molecular formula is C31H36Cl3N7O2S2. The third-order valence-corrected chi connectivity index (χ3v) is 12.0. The number of carbonyl (C=O) groups excluding carboxylic acids is 1. The van der Waals surface area contributed by atoms with Gasteiger partial charge in [0.2, 0.25) is 17.1 Å². The van der Waals surface area contributed by atoms with E-state index in [1.54, 1.807) is 11.8 Å². The molecule has 14 heteroatoms. The Morgan fingerprint density at radius 1 is 0.978 bits per heavy atom. The van der Waals surface area contributed by atoms with Gasteiger partial charge in [0, 0.05) is 68.0 Å². The number of rotatable bonds is 6. The highest BCUT2D eigenvalue weighted by Crippen LogP contribution is 2.36. The summed E-state index contributed by atoms with van der Waals surface area (Å²) in [4.78, 5) is 35.8. The van der Waals surface area contributed by atoms with Gasteiger partial charge in [0.05, 0.1) is 27.1 Å². The first-order chi connectivity index (χ1) is 21.8. The van der Waals surface area contributed by atoms with E-state index in [4.69, 9.17) is 44.8 Å². The molecule has 0 aliphatic carbocycles. The van der Waals surface area contributed by atoms with Gasteiger partial charge in [0.25, 0.3) is 0 Å². The van der Waals surface area contributed by atoms with Crippen LogP contribution < -0.4 is 10.2 Å². The van der Waals surface area contributed by atoms with E-state index < -0.39 is 10.8 Å². The maximum Gasteiger partial charge on any atom is 0.227 e. The van der Waals surface area contributed by atoms with Crippen LogP contribution in [0.1, 0.15) is 61.9 Å². The normalized spacial score (nSPS) is 21.3. The molecule has 2 fully saturated rings. The topological polar surface area (TPSA) is 104 Å². The number of aryl methyl sites for hydroxylation is 2. The van der Waals surface area contributed by atoms with Crippen molar-refractivity contribution in [3.63, 3.8) is 0 Å². The van der Waals surface area contributed by atoms with E-state index in [0.29, 0.717) is 35.6 Å². The summed E-state index contributed by atoms with van der Waals surface area (Å²) in [7, 11) is -1.08. The minimum Gasteiger partial charge on any atom is -0.364 e. The molecule has 7 rings (SSSR count). The second-order valence-corrected chi connectivity index (χ2v) is 15.4. The molecule has 0 radical (unpaired) electrons. The number of anilines is 2. The van der Waals surface area contributed by atoms with Gasteiger partial charge < -0.3 is 15.1 Å². The van der Waals surface area contributed by atoms with Crippen molar-refractivity contribution < 1.29 is 9.00 Å². The first kappa shape index (κ1) is 32.7. The highest BCUT2D eigenvalue weighted by molar-refractivity contribution is 7.99. The summed E-state index contributed by atoms with van der Waals surface area (Å²) >= 11 is 19.2. The second-order valence-electron chi connectivity index (χ2n) is 11.6. The quantitative estimate of drug-likeness (QED) is 0.230. The van der Waals surface area contributed by atoms with Gasteiger partial charge in [-0.05, 0) is 60.9 Å². The fourth-order valence-corrected chi connectivity index (χ4v) is 9.28. The van der Waals surface area contributed by atoms with Crippen LogP contribution in [0, 0.1) is 0 Å². The second kappa shape index (κ2) is 14.7. The lowest BCUT2D eigenvalue weighted by atomic mass is 9.89. The number of hydrogen-bond acceptors (Lipinski definition) is 9. The number of benzene rings is 1. The van der Waals surface area contributed by atoms with Gasteiger partial charge in [0.1, 0.15) is 15.9 Å². The van der Waals surface area contributed by atoms with Crippen LogP contribution in [0.25, 0.3) is 0 Å². The molecule has 9 nitrogen and oxygen atoms in total. The van der Waals surface area contributed by atoms with Gasteiger partial charge in [-0.3, -0.25) is 9.00 Å². The Hall–Kier alpha value is -2.18. The van der Waals surface area contributed by atoms with E-state index in [9.17, 15) is 9.00 Å². The molecule has 2 saturated heterocycles. The van der Waals surface area contributed by atoms with Crippen LogP contribution in [-0.2, 0) is 28.4 Å². The van der Waals surface area contributed by atoms with Crippen molar-refractivity contribution in [1.82, 2.24) is 24.8 Å². The molecular weight excluding hydrogens is 673 g/mol. The summed E-state index contributed by atoms with van der Waals surface area (Å²) in [5, 5.41) is 5.07. The summed E-state index contributed by atoms with van der Waals surface area (Å²) in [5.74, 6) is 3.80. The van der Waals surface area contributed by atoms with Crippen molar-refractivity contribution in [2.45, 2.75) is 73.6 Å². The molecule has 2 unspecified atom stereocenters. The zero-order valence-corrected chi connectivity index (χ0v) is 29.0. The van der Waals surface area contributed by atoms with Gasteiger partial charge >= 0.3 is 0 Å². The Bertz CT molecular complexity index is 1570. The zero-order chi connectivity index (χ0) is 31.5. The number of hydrogen-bond donors (Lipinski definition) is 1. The lowest BCUT2D eigenvalue weighted by molar-refractivity contribution is -0.133. The molecule has 1 amide bonds. The van der Waals surface area contributed by atoms with E-state index in [1.165, 1.54) is 5.56 Å². The fraction of sp³-hybridized carbons (Fsp3) is 0.516. The number of fused-ring (bicyclic) bond motifs is 2. The zero-order valence-electron chi connectivity index (χ0n) is 25.1. The summed E-state index contributed by atoms with van der Waals surface area (Å²) in [6, 6.07) is 8.30. The molecule has 0 saturated carbocycles.